The first-order valence-corrected chi connectivity index (χ1v) is 5.81. The normalized spacial score (nSPS) is 10.8. The first-order valence-electron chi connectivity index (χ1n) is 5.81. The molecule has 1 aromatic carbocycles. The summed E-state index contributed by atoms with van der Waals surface area (Å²) in [5.41, 5.74) is 6.81. The molecule has 0 fully saturated rings. The molecule has 0 radical (unpaired) electrons. The van der Waals surface area contributed by atoms with Gasteiger partial charge in [0.2, 0.25) is 0 Å². The maximum atomic E-state index is 9.32. The molecule has 1 heterocycles. The van der Waals surface area contributed by atoms with Crippen LogP contribution in [0.5, 0.6) is 11.5 Å². The van der Waals surface area contributed by atoms with Crippen LogP contribution in [-0.4, -0.2) is 14.9 Å². The molecule has 0 atom stereocenters. The van der Waals surface area contributed by atoms with Gasteiger partial charge >= 0.3 is 0 Å². The van der Waals surface area contributed by atoms with E-state index in [1.165, 1.54) is 0 Å². The summed E-state index contributed by atoms with van der Waals surface area (Å²) in [6.45, 7) is 4.37. The standard InChI is InChI=1S/C13H17N3O2/c1-9(2)16-13(14)10(7-15-16)8-18-12-5-3-4-11(17)6-12/h3-7,9,17H,8,14H2,1-2H3. The molecule has 0 bridgehead atoms. The molecule has 1 aromatic heterocycles. The van der Waals surface area contributed by atoms with E-state index in [4.69, 9.17) is 10.5 Å². The summed E-state index contributed by atoms with van der Waals surface area (Å²) >= 11 is 0. The second-order valence-corrected chi connectivity index (χ2v) is 4.38. The van der Waals surface area contributed by atoms with Crippen molar-refractivity contribution in [1.82, 2.24) is 9.78 Å². The van der Waals surface area contributed by atoms with Crippen LogP contribution in [0.15, 0.2) is 30.5 Å². The molecule has 2 aromatic rings. The summed E-state index contributed by atoms with van der Waals surface area (Å²) in [5.74, 6) is 1.40. The molecule has 5 nitrogen and oxygen atoms in total. The number of benzene rings is 1. The van der Waals surface area contributed by atoms with E-state index in [-0.39, 0.29) is 11.8 Å². The van der Waals surface area contributed by atoms with Gasteiger partial charge in [0.15, 0.2) is 0 Å². The van der Waals surface area contributed by atoms with Crippen molar-refractivity contribution in [1.29, 1.82) is 0 Å². The molecule has 0 unspecified atom stereocenters. The van der Waals surface area contributed by atoms with Crippen LogP contribution in [0.1, 0.15) is 25.5 Å². The molecule has 0 saturated heterocycles. The van der Waals surface area contributed by atoms with E-state index >= 15 is 0 Å². The van der Waals surface area contributed by atoms with Crippen LogP contribution in [0.4, 0.5) is 5.82 Å². The van der Waals surface area contributed by atoms with Gasteiger partial charge in [-0.25, -0.2) is 4.68 Å². The van der Waals surface area contributed by atoms with E-state index in [2.05, 4.69) is 5.10 Å². The predicted octanol–water partition coefficient (Wildman–Crippen LogP) is 2.33. The highest BCUT2D eigenvalue weighted by molar-refractivity contribution is 5.39. The van der Waals surface area contributed by atoms with Crippen molar-refractivity contribution in [3.63, 3.8) is 0 Å². The Morgan fingerprint density at radius 1 is 1.44 bits per heavy atom. The lowest BCUT2D eigenvalue weighted by molar-refractivity contribution is 0.305. The fourth-order valence-electron chi connectivity index (χ4n) is 1.66. The van der Waals surface area contributed by atoms with Crippen LogP contribution < -0.4 is 10.5 Å². The number of aromatic nitrogens is 2. The third-order valence-corrected chi connectivity index (χ3v) is 2.61. The zero-order valence-corrected chi connectivity index (χ0v) is 10.5. The Morgan fingerprint density at radius 2 is 2.22 bits per heavy atom. The van der Waals surface area contributed by atoms with Crippen molar-refractivity contribution in [2.75, 3.05) is 5.73 Å². The number of nitrogens with two attached hydrogens (primary N) is 1. The van der Waals surface area contributed by atoms with Gasteiger partial charge in [-0.1, -0.05) is 6.07 Å². The highest BCUT2D eigenvalue weighted by Crippen LogP contribution is 2.21. The van der Waals surface area contributed by atoms with Gasteiger partial charge in [0.1, 0.15) is 23.9 Å². The molecule has 2 rings (SSSR count). The summed E-state index contributed by atoms with van der Waals surface area (Å²) in [6, 6.07) is 6.88. The molecular weight excluding hydrogens is 230 g/mol. The van der Waals surface area contributed by atoms with Crippen molar-refractivity contribution < 1.29 is 9.84 Å². The van der Waals surface area contributed by atoms with Crippen LogP contribution in [0.2, 0.25) is 0 Å². The highest BCUT2D eigenvalue weighted by atomic mass is 16.5. The monoisotopic (exact) mass is 247 g/mol. The molecule has 0 aliphatic heterocycles. The Labute approximate surface area is 106 Å². The molecule has 0 saturated carbocycles. The lowest BCUT2D eigenvalue weighted by atomic mass is 10.3. The summed E-state index contributed by atoms with van der Waals surface area (Å²) in [4.78, 5) is 0. The van der Waals surface area contributed by atoms with E-state index in [0.717, 1.165) is 5.56 Å². The number of nitrogens with zero attached hydrogens (tertiary/aromatic N) is 2. The van der Waals surface area contributed by atoms with E-state index < -0.39 is 0 Å². The number of hydrogen-bond acceptors (Lipinski definition) is 4. The smallest absolute Gasteiger partial charge is 0.128 e. The topological polar surface area (TPSA) is 73.3 Å². The number of rotatable bonds is 4. The SMILES string of the molecule is CC(C)n1ncc(COc2cccc(O)c2)c1N. The van der Waals surface area contributed by atoms with Gasteiger partial charge < -0.3 is 15.6 Å². The molecule has 18 heavy (non-hydrogen) atoms. The summed E-state index contributed by atoms with van der Waals surface area (Å²) in [7, 11) is 0. The third-order valence-electron chi connectivity index (χ3n) is 2.61. The average Bonchev–Trinajstić information content (AvgIpc) is 2.68. The third kappa shape index (κ3) is 2.56. The second-order valence-electron chi connectivity index (χ2n) is 4.38. The van der Waals surface area contributed by atoms with Crippen LogP contribution in [-0.2, 0) is 6.61 Å². The maximum Gasteiger partial charge on any atom is 0.128 e. The molecule has 0 aliphatic rings. The molecule has 0 amide bonds. The highest BCUT2D eigenvalue weighted by Gasteiger charge is 2.10. The van der Waals surface area contributed by atoms with Crippen molar-refractivity contribution in [2.24, 2.45) is 0 Å². The van der Waals surface area contributed by atoms with Gasteiger partial charge in [-0.2, -0.15) is 5.10 Å². The van der Waals surface area contributed by atoms with Gasteiger partial charge in [-0.05, 0) is 26.0 Å². The zero-order valence-electron chi connectivity index (χ0n) is 10.5. The fraction of sp³-hybridized carbons (Fsp3) is 0.308. The quantitative estimate of drug-likeness (QED) is 0.869. The van der Waals surface area contributed by atoms with Gasteiger partial charge in [-0.15, -0.1) is 0 Å². The largest absolute Gasteiger partial charge is 0.508 e. The number of phenols is 1. The van der Waals surface area contributed by atoms with Crippen LogP contribution in [0, 0.1) is 0 Å². The predicted molar refractivity (Wildman–Crippen MR) is 69.5 cm³/mol. The summed E-state index contributed by atoms with van der Waals surface area (Å²) in [5, 5.41) is 13.5. The Bertz CT molecular complexity index is 535. The van der Waals surface area contributed by atoms with E-state index in [9.17, 15) is 5.11 Å². The average molecular weight is 247 g/mol. The lowest BCUT2D eigenvalue weighted by Gasteiger charge is -2.09. The van der Waals surface area contributed by atoms with Crippen molar-refractivity contribution >= 4 is 5.82 Å². The van der Waals surface area contributed by atoms with Crippen LogP contribution in [0.3, 0.4) is 0 Å². The van der Waals surface area contributed by atoms with Gasteiger partial charge in [0, 0.05) is 12.1 Å². The lowest BCUT2D eigenvalue weighted by Crippen LogP contribution is -2.08. The Balaban J connectivity index is 2.07. The fourth-order valence-corrected chi connectivity index (χ4v) is 1.66. The van der Waals surface area contributed by atoms with Gasteiger partial charge in [0.05, 0.1) is 11.8 Å². The number of ether oxygens (including phenoxy) is 1. The number of aromatic hydroxyl groups is 1. The minimum atomic E-state index is 0.179. The molecule has 3 N–H and O–H groups in total. The summed E-state index contributed by atoms with van der Waals surface area (Å²) in [6.07, 6.45) is 1.71. The van der Waals surface area contributed by atoms with Crippen molar-refractivity contribution in [2.45, 2.75) is 26.5 Å². The van der Waals surface area contributed by atoms with Crippen molar-refractivity contribution in [3.05, 3.63) is 36.0 Å². The van der Waals surface area contributed by atoms with E-state index in [1.54, 1.807) is 35.1 Å². The second kappa shape index (κ2) is 5.00. The number of nitrogen functional groups attached to an aromatic ring is 1. The van der Waals surface area contributed by atoms with Gasteiger partial charge in [-0.3, -0.25) is 0 Å². The van der Waals surface area contributed by atoms with E-state index in [1.807, 2.05) is 13.8 Å². The Morgan fingerprint density at radius 3 is 2.83 bits per heavy atom. The van der Waals surface area contributed by atoms with E-state index in [0.29, 0.717) is 18.2 Å². The minimum absolute atomic E-state index is 0.179. The molecular formula is C13H17N3O2. The molecule has 0 spiro atoms. The van der Waals surface area contributed by atoms with Crippen LogP contribution >= 0.6 is 0 Å². The van der Waals surface area contributed by atoms with Gasteiger partial charge in [0.25, 0.3) is 0 Å². The number of phenolic OH excluding ortho intramolecular Hbond substituents is 1. The summed E-state index contributed by atoms with van der Waals surface area (Å²) < 4.78 is 7.30. The number of anilines is 1. The Kier molecular flexibility index (Phi) is 3.41. The van der Waals surface area contributed by atoms with Crippen molar-refractivity contribution in [3.8, 4) is 11.5 Å². The first-order chi connectivity index (χ1) is 8.58. The number of hydrogen-bond donors (Lipinski definition) is 2. The zero-order chi connectivity index (χ0) is 13.1. The molecule has 5 heteroatoms. The first kappa shape index (κ1) is 12.3. The molecule has 0 aliphatic carbocycles. The Hall–Kier alpha value is -2.17. The minimum Gasteiger partial charge on any atom is -0.508 e. The molecule has 96 valence electrons. The van der Waals surface area contributed by atoms with Crippen LogP contribution in [0.25, 0.3) is 0 Å². The maximum absolute atomic E-state index is 9.32.